The number of benzene rings is 2. The Morgan fingerprint density at radius 2 is 1.94 bits per heavy atom. The number of rotatable bonds is 6. The first kappa shape index (κ1) is 25.6. The van der Waals surface area contributed by atoms with Gasteiger partial charge in [0.2, 0.25) is 0 Å². The van der Waals surface area contributed by atoms with Crippen molar-refractivity contribution in [3.05, 3.63) is 76.6 Å². The van der Waals surface area contributed by atoms with Gasteiger partial charge < -0.3 is 17.1 Å². The number of imidazole rings is 1. The van der Waals surface area contributed by atoms with Crippen molar-refractivity contribution >= 4 is 44.2 Å². The van der Waals surface area contributed by atoms with Crippen molar-refractivity contribution in [2.24, 2.45) is 0 Å². The number of nitrogens with zero attached hydrogens (tertiary/aromatic N) is 2. The summed E-state index contributed by atoms with van der Waals surface area (Å²) in [6, 6.07) is 12.9. The molecule has 33 heavy (non-hydrogen) atoms. The SMILES string of the molecule is COc1cc[n+](-c2nc3cc(C(F)(F)F)ccc3[nH]2)c(CSSc2cccc(Cl)c2)c1C.[Cl-]. The number of alkyl halides is 3. The fourth-order valence-electron chi connectivity index (χ4n) is 3.23. The summed E-state index contributed by atoms with van der Waals surface area (Å²) >= 11 is 6.06. The lowest BCUT2D eigenvalue weighted by Crippen LogP contribution is -3.00. The van der Waals surface area contributed by atoms with Gasteiger partial charge in [0, 0.05) is 21.5 Å². The second-order valence-corrected chi connectivity index (χ2v) is 9.72. The highest BCUT2D eigenvalue weighted by Gasteiger charge is 2.32. The Morgan fingerprint density at radius 3 is 2.64 bits per heavy atom. The Kier molecular flexibility index (Phi) is 8.10. The number of H-pyrrole nitrogens is 1. The van der Waals surface area contributed by atoms with Gasteiger partial charge in [-0.2, -0.15) is 13.2 Å². The zero-order chi connectivity index (χ0) is 22.9. The van der Waals surface area contributed by atoms with Gasteiger partial charge >= 0.3 is 12.1 Å². The molecular weight excluding hydrogens is 514 g/mol. The van der Waals surface area contributed by atoms with Gasteiger partial charge in [0.15, 0.2) is 5.52 Å². The Balaban J connectivity index is 0.00000306. The Bertz CT molecular complexity index is 1280. The van der Waals surface area contributed by atoms with Crippen LogP contribution in [0.4, 0.5) is 13.2 Å². The molecule has 0 aliphatic heterocycles. The molecule has 0 amide bonds. The van der Waals surface area contributed by atoms with E-state index in [-0.39, 0.29) is 17.9 Å². The summed E-state index contributed by atoms with van der Waals surface area (Å²) in [7, 11) is 4.80. The van der Waals surface area contributed by atoms with Crippen LogP contribution in [0.3, 0.4) is 0 Å². The van der Waals surface area contributed by atoms with E-state index >= 15 is 0 Å². The second kappa shape index (κ2) is 10.5. The van der Waals surface area contributed by atoms with Gasteiger partial charge in [0.25, 0.3) is 0 Å². The number of hydrogen-bond acceptors (Lipinski definition) is 4. The summed E-state index contributed by atoms with van der Waals surface area (Å²) < 4.78 is 46.5. The van der Waals surface area contributed by atoms with Crippen molar-refractivity contribution in [2.75, 3.05) is 7.11 Å². The van der Waals surface area contributed by atoms with E-state index in [4.69, 9.17) is 16.3 Å². The molecule has 0 fully saturated rings. The smallest absolute Gasteiger partial charge is 0.416 e. The van der Waals surface area contributed by atoms with Crippen LogP contribution >= 0.6 is 33.2 Å². The van der Waals surface area contributed by atoms with Crippen molar-refractivity contribution in [3.8, 4) is 11.7 Å². The second-order valence-electron chi connectivity index (χ2n) is 6.92. The van der Waals surface area contributed by atoms with Crippen LogP contribution in [0.1, 0.15) is 16.8 Å². The number of halogens is 5. The molecule has 0 bridgehead atoms. The molecule has 0 unspecified atom stereocenters. The molecule has 0 saturated heterocycles. The molecule has 1 N–H and O–H groups in total. The lowest BCUT2D eigenvalue weighted by molar-refractivity contribution is -0.610. The summed E-state index contributed by atoms with van der Waals surface area (Å²) in [6.07, 6.45) is -2.62. The van der Waals surface area contributed by atoms with Crippen LogP contribution in [-0.4, -0.2) is 17.1 Å². The molecule has 0 aliphatic rings. The molecule has 2 heterocycles. The normalized spacial score (nSPS) is 11.5. The summed E-state index contributed by atoms with van der Waals surface area (Å²) in [6.45, 7) is 1.94. The van der Waals surface area contributed by atoms with E-state index in [1.54, 1.807) is 34.9 Å². The first-order valence-electron chi connectivity index (χ1n) is 9.47. The minimum Gasteiger partial charge on any atom is -1.00 e. The first-order chi connectivity index (χ1) is 15.3. The number of aromatic nitrogens is 3. The Morgan fingerprint density at radius 1 is 1.15 bits per heavy atom. The third-order valence-electron chi connectivity index (χ3n) is 4.86. The van der Waals surface area contributed by atoms with Gasteiger partial charge in [0.1, 0.15) is 17.0 Å². The first-order valence-corrected chi connectivity index (χ1v) is 12.2. The number of methoxy groups -OCH3 is 1. The van der Waals surface area contributed by atoms with Crippen LogP contribution in [0.15, 0.2) is 59.6 Å². The average Bonchev–Trinajstić information content (AvgIpc) is 3.17. The highest BCUT2D eigenvalue weighted by atomic mass is 35.5. The van der Waals surface area contributed by atoms with Gasteiger partial charge in [-0.15, -0.1) is 0 Å². The highest BCUT2D eigenvalue weighted by Crippen LogP contribution is 2.36. The number of nitrogens with one attached hydrogen (secondary N) is 1. The van der Waals surface area contributed by atoms with Crippen molar-refractivity contribution in [1.82, 2.24) is 9.97 Å². The maximum atomic E-state index is 13.1. The molecule has 11 heteroatoms. The largest absolute Gasteiger partial charge is 1.00 e. The number of fused-ring (bicyclic) bond motifs is 1. The molecule has 0 saturated carbocycles. The molecule has 4 rings (SSSR count). The standard InChI is InChI=1S/C22H18ClF3N3OS2.ClH/c1-13-19(12-31-32-16-5-3-4-15(23)11-16)29(9-8-20(13)30-2)21-27-17-7-6-14(22(24,25)26)10-18(17)28-21;/h3-11H,12H2,1-2H3,(H,27,28);1H/q+1;/p-1. The van der Waals surface area contributed by atoms with E-state index in [9.17, 15) is 13.2 Å². The monoisotopic (exact) mass is 531 g/mol. The van der Waals surface area contributed by atoms with Crippen molar-refractivity contribution in [3.63, 3.8) is 0 Å². The van der Waals surface area contributed by atoms with Crippen LogP contribution in [0, 0.1) is 6.92 Å². The van der Waals surface area contributed by atoms with Gasteiger partial charge in [-0.25, -0.2) is 9.55 Å². The lowest BCUT2D eigenvalue weighted by atomic mass is 10.2. The summed E-state index contributed by atoms with van der Waals surface area (Å²) in [4.78, 5) is 8.57. The van der Waals surface area contributed by atoms with E-state index in [0.29, 0.717) is 22.2 Å². The number of ether oxygens (including phenoxy) is 1. The van der Waals surface area contributed by atoms with Crippen molar-refractivity contribution < 1.29 is 34.9 Å². The van der Waals surface area contributed by atoms with Crippen LogP contribution in [0.2, 0.25) is 5.02 Å². The van der Waals surface area contributed by atoms with Gasteiger partial charge in [-0.1, -0.05) is 44.2 Å². The molecule has 174 valence electrons. The molecule has 0 spiro atoms. The molecule has 0 radical (unpaired) electrons. The molecule has 4 aromatic rings. The van der Waals surface area contributed by atoms with Gasteiger partial charge in [-0.05, 0) is 43.3 Å². The molecule has 2 aromatic carbocycles. The zero-order valence-electron chi connectivity index (χ0n) is 17.4. The van der Waals surface area contributed by atoms with Crippen LogP contribution in [0.5, 0.6) is 5.75 Å². The predicted octanol–water partition coefficient (Wildman–Crippen LogP) is 3.77. The predicted molar refractivity (Wildman–Crippen MR) is 123 cm³/mol. The molecular formula is C22H18Cl2F3N3OS2. The van der Waals surface area contributed by atoms with E-state index in [1.165, 1.54) is 6.07 Å². The summed E-state index contributed by atoms with van der Waals surface area (Å²) in [5, 5.41) is 0.670. The Hall–Kier alpha value is -2.07. The molecule has 0 aliphatic carbocycles. The minimum absolute atomic E-state index is 0. The van der Waals surface area contributed by atoms with Crippen molar-refractivity contribution in [1.29, 1.82) is 0 Å². The van der Waals surface area contributed by atoms with E-state index in [0.717, 1.165) is 34.0 Å². The average molecular weight is 532 g/mol. The van der Waals surface area contributed by atoms with Crippen molar-refractivity contribution in [2.45, 2.75) is 23.7 Å². The highest BCUT2D eigenvalue weighted by molar-refractivity contribution is 8.76. The number of pyridine rings is 1. The fraction of sp³-hybridized carbons (Fsp3) is 0.182. The van der Waals surface area contributed by atoms with Crippen LogP contribution < -0.4 is 21.7 Å². The maximum absolute atomic E-state index is 13.1. The number of hydrogen-bond donors (Lipinski definition) is 1. The topological polar surface area (TPSA) is 41.8 Å². The lowest BCUT2D eigenvalue weighted by Gasteiger charge is -2.12. The van der Waals surface area contributed by atoms with E-state index in [1.807, 2.05) is 41.8 Å². The molecule has 0 atom stereocenters. The molecule has 4 nitrogen and oxygen atoms in total. The zero-order valence-corrected chi connectivity index (χ0v) is 20.6. The van der Waals surface area contributed by atoms with Crippen LogP contribution in [-0.2, 0) is 11.9 Å². The van der Waals surface area contributed by atoms with E-state index < -0.39 is 11.7 Å². The quantitative estimate of drug-likeness (QED) is 0.303. The third-order valence-corrected chi connectivity index (χ3v) is 7.34. The maximum Gasteiger partial charge on any atom is 0.416 e. The fourth-order valence-corrected chi connectivity index (χ4v) is 5.69. The summed E-state index contributed by atoms with van der Waals surface area (Å²) in [5.74, 6) is 1.76. The van der Waals surface area contributed by atoms with Gasteiger partial charge in [-0.3, -0.25) is 0 Å². The number of aromatic amines is 1. The summed E-state index contributed by atoms with van der Waals surface area (Å²) in [5.41, 5.74) is 1.89. The molecule has 2 aromatic heterocycles. The van der Waals surface area contributed by atoms with E-state index in [2.05, 4.69) is 9.97 Å². The van der Waals surface area contributed by atoms with Gasteiger partial charge in [0.05, 0.1) is 24.6 Å². The minimum atomic E-state index is -4.42. The Labute approximate surface area is 207 Å². The van der Waals surface area contributed by atoms with Crippen LogP contribution in [0.25, 0.3) is 17.0 Å². The third kappa shape index (κ3) is 5.71.